The first-order chi connectivity index (χ1) is 11.2. The van der Waals surface area contributed by atoms with E-state index >= 15 is 0 Å². The van der Waals surface area contributed by atoms with Gasteiger partial charge < -0.3 is 0 Å². The highest BCUT2D eigenvalue weighted by Gasteiger charge is 2.31. The predicted molar refractivity (Wildman–Crippen MR) is 93.0 cm³/mol. The van der Waals surface area contributed by atoms with E-state index in [-0.39, 0.29) is 13.2 Å². The maximum absolute atomic E-state index is 13.2. The lowest BCUT2D eigenvalue weighted by Crippen LogP contribution is -2.22. The van der Waals surface area contributed by atoms with Gasteiger partial charge in [-0.3, -0.25) is 9.05 Å². The van der Waals surface area contributed by atoms with Crippen molar-refractivity contribution in [2.24, 2.45) is 0 Å². The molecule has 124 valence electrons. The summed E-state index contributed by atoms with van der Waals surface area (Å²) < 4.78 is 26.4. The summed E-state index contributed by atoms with van der Waals surface area (Å²) in [4.78, 5) is 0. The summed E-state index contributed by atoms with van der Waals surface area (Å²) in [5.74, 6) is 0. The number of benzene rings is 2. The Bertz CT molecular complexity index is 567. The maximum atomic E-state index is 13.2. The number of hydrogen-bond donors (Lipinski definition) is 0. The smallest absolute Gasteiger partial charge is 0.292 e. The Balaban J connectivity index is 2.07. The van der Waals surface area contributed by atoms with Crippen LogP contribution in [-0.2, 0) is 26.8 Å². The maximum Gasteiger partial charge on any atom is 0.408 e. The molecule has 0 N–H and O–H groups in total. The molecule has 0 aliphatic heterocycles. The van der Waals surface area contributed by atoms with Crippen molar-refractivity contribution in [3.8, 4) is 0 Å². The molecule has 0 aliphatic carbocycles. The molecular weight excluding hydrogens is 309 g/mol. The average molecular weight is 333 g/mol. The Labute approximate surface area is 138 Å². The van der Waals surface area contributed by atoms with Crippen LogP contribution in [0.2, 0.25) is 0 Å². The van der Waals surface area contributed by atoms with Crippen molar-refractivity contribution in [2.45, 2.75) is 27.1 Å². The van der Waals surface area contributed by atoms with Gasteiger partial charge in [0.1, 0.15) is 0 Å². The summed E-state index contributed by atoms with van der Waals surface area (Å²) in [6.07, 6.45) is 0. The van der Waals surface area contributed by atoms with Crippen LogP contribution in [0.4, 0.5) is 0 Å². The highest BCUT2D eigenvalue weighted by Crippen LogP contribution is 2.53. The van der Waals surface area contributed by atoms with Crippen molar-refractivity contribution >= 4 is 7.75 Å². The van der Waals surface area contributed by atoms with Crippen molar-refractivity contribution in [1.82, 2.24) is 4.67 Å². The van der Waals surface area contributed by atoms with E-state index in [1.54, 1.807) is 4.67 Å². The molecule has 2 aromatic carbocycles. The third-order valence-electron chi connectivity index (χ3n) is 3.55. The van der Waals surface area contributed by atoms with Crippen LogP contribution in [0.15, 0.2) is 60.7 Å². The molecule has 2 rings (SSSR count). The van der Waals surface area contributed by atoms with E-state index in [0.717, 1.165) is 11.1 Å². The van der Waals surface area contributed by atoms with Gasteiger partial charge in [0.25, 0.3) is 0 Å². The molecule has 0 unspecified atom stereocenters. The van der Waals surface area contributed by atoms with Crippen LogP contribution in [0.3, 0.4) is 0 Å². The molecular formula is C18H24NO3P. The molecule has 0 radical (unpaired) electrons. The van der Waals surface area contributed by atoms with Gasteiger partial charge in [0.2, 0.25) is 0 Å². The molecule has 2 aromatic rings. The summed E-state index contributed by atoms with van der Waals surface area (Å²) in [7, 11) is -3.33. The number of nitrogens with zero attached hydrogens (tertiary/aromatic N) is 1. The Kier molecular flexibility index (Phi) is 7.00. The largest absolute Gasteiger partial charge is 0.408 e. The summed E-state index contributed by atoms with van der Waals surface area (Å²) >= 11 is 0. The minimum absolute atomic E-state index is 0.267. The summed E-state index contributed by atoms with van der Waals surface area (Å²) in [6, 6.07) is 19.4. The molecule has 0 spiro atoms. The van der Waals surface area contributed by atoms with Gasteiger partial charge in [-0.05, 0) is 11.1 Å². The van der Waals surface area contributed by atoms with Gasteiger partial charge in [-0.2, -0.15) is 0 Å². The van der Waals surface area contributed by atoms with E-state index in [2.05, 4.69) is 0 Å². The lowest BCUT2D eigenvalue weighted by atomic mass is 10.2. The first kappa shape index (κ1) is 17.9. The van der Waals surface area contributed by atoms with E-state index in [0.29, 0.717) is 13.1 Å². The topological polar surface area (TPSA) is 38.8 Å². The number of hydrogen-bond acceptors (Lipinski definition) is 3. The zero-order chi connectivity index (χ0) is 16.5. The third-order valence-corrected chi connectivity index (χ3v) is 5.72. The van der Waals surface area contributed by atoms with Crippen LogP contribution in [-0.4, -0.2) is 17.8 Å². The molecule has 0 heterocycles. The van der Waals surface area contributed by atoms with Crippen LogP contribution >= 0.6 is 7.75 Å². The SMILES string of the molecule is CCN(CC)P(=O)(OCc1ccccc1)OCc1ccccc1. The fourth-order valence-electron chi connectivity index (χ4n) is 2.23. The Morgan fingerprint density at radius 2 is 1.17 bits per heavy atom. The molecule has 5 heteroatoms. The standard InChI is InChI=1S/C18H24NO3P/c1-3-19(4-2)23(20,21-15-17-11-7-5-8-12-17)22-16-18-13-9-6-10-14-18/h5-14H,3-4,15-16H2,1-2H3. The zero-order valence-corrected chi connectivity index (χ0v) is 14.6. The van der Waals surface area contributed by atoms with Crippen molar-refractivity contribution in [3.05, 3.63) is 71.8 Å². The normalized spacial score (nSPS) is 11.8. The van der Waals surface area contributed by atoms with Gasteiger partial charge in [0, 0.05) is 13.1 Å². The highest BCUT2D eigenvalue weighted by molar-refractivity contribution is 7.51. The molecule has 0 bridgehead atoms. The monoisotopic (exact) mass is 333 g/mol. The first-order valence-corrected chi connectivity index (χ1v) is 9.40. The summed E-state index contributed by atoms with van der Waals surface area (Å²) in [5, 5.41) is 0. The summed E-state index contributed by atoms with van der Waals surface area (Å²) in [6.45, 7) is 5.66. The van der Waals surface area contributed by atoms with Crippen LogP contribution in [0.1, 0.15) is 25.0 Å². The average Bonchev–Trinajstić information content (AvgIpc) is 2.61. The van der Waals surface area contributed by atoms with Gasteiger partial charge in [-0.1, -0.05) is 74.5 Å². The second kappa shape index (κ2) is 8.99. The van der Waals surface area contributed by atoms with Crippen LogP contribution in [0, 0.1) is 0 Å². The first-order valence-electron chi connectivity index (χ1n) is 7.90. The summed E-state index contributed by atoms with van der Waals surface area (Å²) in [5.41, 5.74) is 1.95. The quantitative estimate of drug-likeness (QED) is 0.614. The molecule has 0 atom stereocenters. The molecule has 23 heavy (non-hydrogen) atoms. The van der Waals surface area contributed by atoms with E-state index in [1.165, 1.54) is 0 Å². The van der Waals surface area contributed by atoms with Crippen molar-refractivity contribution in [3.63, 3.8) is 0 Å². The molecule has 0 saturated heterocycles. The second-order valence-corrected chi connectivity index (χ2v) is 7.14. The van der Waals surface area contributed by atoms with Crippen molar-refractivity contribution in [1.29, 1.82) is 0 Å². The predicted octanol–water partition coefficient (Wildman–Crippen LogP) is 4.87. The highest BCUT2D eigenvalue weighted by atomic mass is 31.2. The van der Waals surface area contributed by atoms with Crippen molar-refractivity contribution < 1.29 is 13.6 Å². The molecule has 0 saturated carbocycles. The molecule has 0 amide bonds. The number of rotatable bonds is 9. The van der Waals surface area contributed by atoms with Crippen molar-refractivity contribution in [2.75, 3.05) is 13.1 Å². The second-order valence-electron chi connectivity index (χ2n) is 5.13. The van der Waals surface area contributed by atoms with Crippen LogP contribution in [0.25, 0.3) is 0 Å². The Hall–Kier alpha value is -1.45. The van der Waals surface area contributed by atoms with E-state index in [4.69, 9.17) is 9.05 Å². The van der Waals surface area contributed by atoms with Gasteiger partial charge in [0.05, 0.1) is 13.2 Å². The zero-order valence-electron chi connectivity index (χ0n) is 13.7. The van der Waals surface area contributed by atoms with E-state index < -0.39 is 7.75 Å². The van der Waals surface area contributed by atoms with Gasteiger partial charge in [-0.25, -0.2) is 9.24 Å². The van der Waals surface area contributed by atoms with E-state index in [1.807, 2.05) is 74.5 Å². The van der Waals surface area contributed by atoms with Gasteiger partial charge in [0.15, 0.2) is 0 Å². The molecule has 0 aliphatic rings. The minimum Gasteiger partial charge on any atom is -0.292 e. The Morgan fingerprint density at radius 3 is 1.52 bits per heavy atom. The molecule has 0 aromatic heterocycles. The van der Waals surface area contributed by atoms with Gasteiger partial charge in [-0.15, -0.1) is 0 Å². The third kappa shape index (κ3) is 5.29. The fraction of sp³-hybridized carbons (Fsp3) is 0.333. The van der Waals surface area contributed by atoms with Crippen LogP contribution in [0.5, 0.6) is 0 Å². The lowest BCUT2D eigenvalue weighted by molar-refractivity contribution is 0.147. The molecule has 4 nitrogen and oxygen atoms in total. The molecule has 0 fully saturated rings. The lowest BCUT2D eigenvalue weighted by Gasteiger charge is -2.28. The van der Waals surface area contributed by atoms with Crippen LogP contribution < -0.4 is 0 Å². The minimum atomic E-state index is -3.33. The fourth-order valence-corrected chi connectivity index (χ4v) is 3.95. The Morgan fingerprint density at radius 1 is 0.783 bits per heavy atom. The van der Waals surface area contributed by atoms with Gasteiger partial charge >= 0.3 is 7.75 Å². The van der Waals surface area contributed by atoms with E-state index in [9.17, 15) is 4.57 Å².